The van der Waals surface area contributed by atoms with Crippen LogP contribution < -0.4 is 0 Å². The van der Waals surface area contributed by atoms with Crippen LogP contribution in [-0.4, -0.2) is 24.7 Å². The summed E-state index contributed by atoms with van der Waals surface area (Å²) in [6, 6.07) is 8.09. The van der Waals surface area contributed by atoms with E-state index in [1.54, 1.807) is 35.4 Å². The van der Waals surface area contributed by atoms with Crippen LogP contribution in [0.25, 0.3) is 28.0 Å². The molecule has 4 aromatic rings. The van der Waals surface area contributed by atoms with E-state index in [1.807, 2.05) is 13.0 Å². The van der Waals surface area contributed by atoms with Gasteiger partial charge in [-0.25, -0.2) is 19.0 Å². The third kappa shape index (κ3) is 1.96. The summed E-state index contributed by atoms with van der Waals surface area (Å²) in [6.45, 7) is 1.91. The number of benzene rings is 1. The molecule has 0 aliphatic rings. The fourth-order valence-corrected chi connectivity index (χ4v) is 2.49. The number of rotatable bonds is 2. The number of pyridine rings is 1. The average Bonchev–Trinajstić information content (AvgIpc) is 3.14. The molecule has 0 unspecified atom stereocenters. The molecule has 108 valence electrons. The standard InChI is InChI=1S/C16H12FN5/c1-10-19-9-15(21-10)13-6-7-18-16-14(13)8-20-22(16)12-4-2-11(17)3-5-12/h2-9H,1H3,(H,19,21). The van der Waals surface area contributed by atoms with Crippen LogP contribution in [0, 0.1) is 12.7 Å². The Bertz CT molecular complexity index is 952. The Hall–Kier alpha value is -3.02. The lowest BCUT2D eigenvalue weighted by Gasteiger charge is -2.04. The van der Waals surface area contributed by atoms with Gasteiger partial charge in [0.2, 0.25) is 0 Å². The Balaban J connectivity index is 1.91. The average molecular weight is 293 g/mol. The minimum absolute atomic E-state index is 0.276. The molecule has 0 aliphatic carbocycles. The molecule has 0 saturated carbocycles. The summed E-state index contributed by atoms with van der Waals surface area (Å²) >= 11 is 0. The Morgan fingerprint density at radius 2 is 1.86 bits per heavy atom. The first kappa shape index (κ1) is 12.7. The number of nitrogens with zero attached hydrogens (tertiary/aromatic N) is 4. The van der Waals surface area contributed by atoms with Crippen molar-refractivity contribution in [1.82, 2.24) is 24.7 Å². The van der Waals surface area contributed by atoms with E-state index in [4.69, 9.17) is 0 Å². The van der Waals surface area contributed by atoms with Crippen LogP contribution >= 0.6 is 0 Å². The van der Waals surface area contributed by atoms with Gasteiger partial charge in [0.1, 0.15) is 11.6 Å². The summed E-state index contributed by atoms with van der Waals surface area (Å²) in [4.78, 5) is 11.9. The SMILES string of the molecule is Cc1ncc(-c2ccnc3c2cnn3-c2ccc(F)cc2)[nH]1. The molecule has 4 rings (SSSR count). The van der Waals surface area contributed by atoms with Gasteiger partial charge in [-0.15, -0.1) is 0 Å². The van der Waals surface area contributed by atoms with Gasteiger partial charge in [0.25, 0.3) is 0 Å². The second kappa shape index (κ2) is 4.77. The van der Waals surface area contributed by atoms with E-state index in [0.29, 0.717) is 0 Å². The summed E-state index contributed by atoms with van der Waals surface area (Å²) < 4.78 is 14.8. The summed E-state index contributed by atoms with van der Waals surface area (Å²) in [5.74, 6) is 0.577. The number of aryl methyl sites for hydroxylation is 1. The molecular formula is C16H12FN5. The van der Waals surface area contributed by atoms with E-state index in [9.17, 15) is 4.39 Å². The van der Waals surface area contributed by atoms with Crippen molar-refractivity contribution in [3.05, 3.63) is 60.6 Å². The molecule has 0 amide bonds. The predicted octanol–water partition coefficient (Wildman–Crippen LogP) is 3.26. The van der Waals surface area contributed by atoms with Crippen molar-refractivity contribution >= 4 is 11.0 Å². The fraction of sp³-hybridized carbons (Fsp3) is 0.0625. The molecule has 5 nitrogen and oxygen atoms in total. The van der Waals surface area contributed by atoms with E-state index in [0.717, 1.165) is 33.8 Å². The molecule has 3 heterocycles. The topological polar surface area (TPSA) is 59.4 Å². The highest BCUT2D eigenvalue weighted by molar-refractivity contribution is 5.91. The first-order valence-corrected chi connectivity index (χ1v) is 6.83. The first-order valence-electron chi connectivity index (χ1n) is 6.83. The molecule has 0 bridgehead atoms. The van der Waals surface area contributed by atoms with Gasteiger partial charge in [-0.3, -0.25) is 0 Å². The first-order chi connectivity index (χ1) is 10.7. The number of aromatic amines is 1. The maximum atomic E-state index is 13.1. The number of fused-ring (bicyclic) bond motifs is 1. The molecular weight excluding hydrogens is 281 g/mol. The van der Waals surface area contributed by atoms with E-state index in [2.05, 4.69) is 20.1 Å². The molecule has 6 heteroatoms. The van der Waals surface area contributed by atoms with Gasteiger partial charge in [0, 0.05) is 17.1 Å². The van der Waals surface area contributed by atoms with Crippen LogP contribution in [-0.2, 0) is 0 Å². The number of aromatic nitrogens is 5. The normalized spacial score (nSPS) is 11.2. The molecule has 3 aromatic heterocycles. The predicted molar refractivity (Wildman–Crippen MR) is 81.1 cm³/mol. The van der Waals surface area contributed by atoms with Crippen molar-refractivity contribution in [2.24, 2.45) is 0 Å². The van der Waals surface area contributed by atoms with Gasteiger partial charge in [0.05, 0.1) is 23.8 Å². The highest BCUT2D eigenvalue weighted by Gasteiger charge is 2.12. The maximum Gasteiger partial charge on any atom is 0.163 e. The lowest BCUT2D eigenvalue weighted by atomic mass is 10.1. The van der Waals surface area contributed by atoms with Crippen molar-refractivity contribution in [3.63, 3.8) is 0 Å². The second-order valence-corrected chi connectivity index (χ2v) is 5.01. The fourth-order valence-electron chi connectivity index (χ4n) is 2.49. The lowest BCUT2D eigenvalue weighted by Crippen LogP contribution is -1.97. The van der Waals surface area contributed by atoms with Gasteiger partial charge < -0.3 is 4.98 Å². The van der Waals surface area contributed by atoms with Crippen molar-refractivity contribution < 1.29 is 4.39 Å². The van der Waals surface area contributed by atoms with Crippen molar-refractivity contribution in [2.45, 2.75) is 6.92 Å². The third-order valence-corrected chi connectivity index (χ3v) is 3.54. The van der Waals surface area contributed by atoms with Gasteiger partial charge in [-0.2, -0.15) is 5.10 Å². The Morgan fingerprint density at radius 1 is 1.05 bits per heavy atom. The van der Waals surface area contributed by atoms with E-state index >= 15 is 0 Å². The summed E-state index contributed by atoms with van der Waals surface area (Å²) in [7, 11) is 0. The minimum atomic E-state index is -0.276. The monoisotopic (exact) mass is 293 g/mol. The van der Waals surface area contributed by atoms with Gasteiger partial charge in [-0.1, -0.05) is 0 Å². The zero-order chi connectivity index (χ0) is 15.1. The zero-order valence-corrected chi connectivity index (χ0v) is 11.8. The molecule has 0 fully saturated rings. The molecule has 1 N–H and O–H groups in total. The number of hydrogen-bond donors (Lipinski definition) is 1. The Morgan fingerprint density at radius 3 is 2.59 bits per heavy atom. The molecule has 22 heavy (non-hydrogen) atoms. The third-order valence-electron chi connectivity index (χ3n) is 3.54. The molecule has 1 aromatic carbocycles. The smallest absolute Gasteiger partial charge is 0.163 e. The van der Waals surface area contributed by atoms with E-state index < -0.39 is 0 Å². The number of H-pyrrole nitrogens is 1. The highest BCUT2D eigenvalue weighted by atomic mass is 19.1. The number of halogens is 1. The molecule has 0 aliphatic heterocycles. The maximum absolute atomic E-state index is 13.1. The zero-order valence-electron chi connectivity index (χ0n) is 11.8. The number of hydrogen-bond acceptors (Lipinski definition) is 3. The van der Waals surface area contributed by atoms with Crippen LogP contribution in [0.15, 0.2) is 48.9 Å². The Labute approximate surface area is 125 Å². The molecule has 0 atom stereocenters. The number of nitrogens with one attached hydrogen (secondary N) is 1. The van der Waals surface area contributed by atoms with E-state index in [1.165, 1.54) is 12.1 Å². The van der Waals surface area contributed by atoms with Crippen LogP contribution in [0.3, 0.4) is 0 Å². The molecule has 0 radical (unpaired) electrons. The van der Waals surface area contributed by atoms with Crippen molar-refractivity contribution in [1.29, 1.82) is 0 Å². The summed E-state index contributed by atoms with van der Waals surface area (Å²) in [5.41, 5.74) is 3.39. The van der Waals surface area contributed by atoms with Crippen LogP contribution in [0.4, 0.5) is 4.39 Å². The summed E-state index contributed by atoms with van der Waals surface area (Å²) in [6.07, 6.45) is 5.28. The molecule has 0 spiro atoms. The van der Waals surface area contributed by atoms with Crippen LogP contribution in [0.5, 0.6) is 0 Å². The number of imidazole rings is 1. The van der Waals surface area contributed by atoms with Crippen LogP contribution in [0.1, 0.15) is 5.82 Å². The van der Waals surface area contributed by atoms with Gasteiger partial charge >= 0.3 is 0 Å². The van der Waals surface area contributed by atoms with Crippen LogP contribution in [0.2, 0.25) is 0 Å². The minimum Gasteiger partial charge on any atom is -0.342 e. The van der Waals surface area contributed by atoms with Crippen molar-refractivity contribution in [3.8, 4) is 16.9 Å². The largest absolute Gasteiger partial charge is 0.342 e. The summed E-state index contributed by atoms with van der Waals surface area (Å²) in [5, 5.41) is 5.30. The Kier molecular flexibility index (Phi) is 2.75. The van der Waals surface area contributed by atoms with Gasteiger partial charge in [0.15, 0.2) is 5.65 Å². The quantitative estimate of drug-likeness (QED) is 0.617. The van der Waals surface area contributed by atoms with E-state index in [-0.39, 0.29) is 5.82 Å². The second-order valence-electron chi connectivity index (χ2n) is 5.01. The molecule has 0 saturated heterocycles. The highest BCUT2D eigenvalue weighted by Crippen LogP contribution is 2.27. The van der Waals surface area contributed by atoms with Gasteiger partial charge in [-0.05, 0) is 37.3 Å². The van der Waals surface area contributed by atoms with Crippen molar-refractivity contribution in [2.75, 3.05) is 0 Å². The lowest BCUT2D eigenvalue weighted by molar-refractivity contribution is 0.627.